The number of carbonyl (C=O) groups is 1. The van der Waals surface area contributed by atoms with Crippen LogP contribution >= 0.6 is 0 Å². The highest BCUT2D eigenvalue weighted by Gasteiger charge is 2.33. The molecule has 24 heavy (non-hydrogen) atoms. The molecule has 0 saturated heterocycles. The van der Waals surface area contributed by atoms with Gasteiger partial charge < -0.3 is 4.74 Å². The molecule has 3 rings (SSSR count). The molecule has 1 unspecified atom stereocenters. The van der Waals surface area contributed by atoms with Crippen LogP contribution in [0.4, 0.5) is 0 Å². The van der Waals surface area contributed by atoms with Crippen LogP contribution in [0.1, 0.15) is 55.6 Å². The van der Waals surface area contributed by atoms with E-state index in [1.54, 1.807) is 0 Å². The van der Waals surface area contributed by atoms with Crippen molar-refractivity contribution < 1.29 is 9.53 Å². The third-order valence-electron chi connectivity index (χ3n) is 5.18. The van der Waals surface area contributed by atoms with Crippen LogP contribution in [-0.4, -0.2) is 12.6 Å². The topological polar surface area (TPSA) is 26.3 Å². The molecule has 1 aliphatic rings. The van der Waals surface area contributed by atoms with Crippen LogP contribution in [0.5, 0.6) is 0 Å². The van der Waals surface area contributed by atoms with Gasteiger partial charge in [0.05, 0.1) is 6.61 Å². The molecule has 0 bridgehead atoms. The molecule has 3 atom stereocenters. The minimum Gasteiger partial charge on any atom is -0.466 e. The molecule has 2 aromatic rings. The van der Waals surface area contributed by atoms with Crippen LogP contribution in [0.15, 0.2) is 60.7 Å². The lowest BCUT2D eigenvalue weighted by atomic mass is 9.68. The first-order valence-electron chi connectivity index (χ1n) is 9.03. The molecule has 0 spiro atoms. The Bertz CT molecular complexity index is 636. The van der Waals surface area contributed by atoms with E-state index >= 15 is 0 Å². The van der Waals surface area contributed by atoms with E-state index in [1.165, 1.54) is 11.1 Å². The quantitative estimate of drug-likeness (QED) is 0.698. The Balaban J connectivity index is 1.80. The smallest absolute Gasteiger partial charge is 0.306 e. The zero-order chi connectivity index (χ0) is 16.8. The zero-order valence-corrected chi connectivity index (χ0v) is 14.4. The fraction of sp³-hybridized carbons (Fsp3) is 0.409. The molecule has 126 valence electrons. The highest BCUT2D eigenvalue weighted by Crippen LogP contribution is 2.46. The van der Waals surface area contributed by atoms with Crippen molar-refractivity contribution in [3.63, 3.8) is 0 Å². The highest BCUT2D eigenvalue weighted by molar-refractivity contribution is 5.69. The average Bonchev–Trinajstić information content (AvgIpc) is 2.63. The van der Waals surface area contributed by atoms with Gasteiger partial charge in [0, 0.05) is 6.42 Å². The number of carbonyl (C=O) groups excluding carboxylic acids is 1. The molecular formula is C22H26O2. The van der Waals surface area contributed by atoms with Gasteiger partial charge in [-0.2, -0.15) is 0 Å². The molecule has 2 nitrogen and oxygen atoms in total. The molecule has 2 aromatic carbocycles. The van der Waals surface area contributed by atoms with Gasteiger partial charge in [0.2, 0.25) is 0 Å². The molecule has 0 N–H and O–H groups in total. The van der Waals surface area contributed by atoms with Crippen LogP contribution in [0.25, 0.3) is 0 Å². The summed E-state index contributed by atoms with van der Waals surface area (Å²) in [7, 11) is 0. The van der Waals surface area contributed by atoms with Gasteiger partial charge in [-0.3, -0.25) is 4.79 Å². The van der Waals surface area contributed by atoms with Crippen LogP contribution in [0.3, 0.4) is 0 Å². The number of rotatable bonds is 5. The molecule has 0 aliphatic heterocycles. The first-order chi connectivity index (χ1) is 11.8. The Kier molecular flexibility index (Phi) is 5.68. The Hall–Kier alpha value is -2.09. The summed E-state index contributed by atoms with van der Waals surface area (Å²) in [6, 6.07) is 21.6. The molecule has 1 aliphatic carbocycles. The molecular weight excluding hydrogens is 296 g/mol. The van der Waals surface area contributed by atoms with Crippen molar-refractivity contribution in [2.45, 2.75) is 44.4 Å². The Labute approximate surface area is 144 Å². The van der Waals surface area contributed by atoms with Crippen molar-refractivity contribution in [1.29, 1.82) is 0 Å². The fourth-order valence-corrected chi connectivity index (χ4v) is 4.07. The lowest BCUT2D eigenvalue weighted by molar-refractivity contribution is -0.144. The molecule has 0 aromatic heterocycles. The zero-order valence-electron chi connectivity index (χ0n) is 14.4. The fourth-order valence-electron chi connectivity index (χ4n) is 4.07. The van der Waals surface area contributed by atoms with E-state index in [4.69, 9.17) is 4.74 Å². The molecule has 0 heterocycles. The number of ether oxygens (including phenoxy) is 1. The van der Waals surface area contributed by atoms with Crippen LogP contribution in [-0.2, 0) is 9.53 Å². The molecule has 2 heteroatoms. The molecule has 1 fully saturated rings. The summed E-state index contributed by atoms with van der Waals surface area (Å²) >= 11 is 0. The maximum absolute atomic E-state index is 11.9. The van der Waals surface area contributed by atoms with E-state index in [9.17, 15) is 4.79 Å². The van der Waals surface area contributed by atoms with E-state index in [1.807, 2.05) is 6.92 Å². The second-order valence-electron chi connectivity index (χ2n) is 6.72. The van der Waals surface area contributed by atoms with E-state index in [2.05, 4.69) is 60.7 Å². The minimum atomic E-state index is -0.0486. The largest absolute Gasteiger partial charge is 0.466 e. The predicted octanol–water partition coefficient (Wildman–Crippen LogP) is 5.31. The number of esters is 1. The predicted molar refractivity (Wildman–Crippen MR) is 97.0 cm³/mol. The lowest BCUT2D eigenvalue weighted by Crippen LogP contribution is -2.24. The van der Waals surface area contributed by atoms with Crippen molar-refractivity contribution in [3.8, 4) is 0 Å². The first kappa shape index (κ1) is 16.8. The minimum absolute atomic E-state index is 0.0486. The number of hydrogen-bond acceptors (Lipinski definition) is 2. The normalized spacial score (nSPS) is 23.6. The molecule has 0 amide bonds. The van der Waals surface area contributed by atoms with Crippen molar-refractivity contribution in [2.75, 3.05) is 6.61 Å². The van der Waals surface area contributed by atoms with E-state index in [0.717, 1.165) is 19.3 Å². The third kappa shape index (κ3) is 4.05. The van der Waals surface area contributed by atoms with Gasteiger partial charge in [-0.25, -0.2) is 0 Å². The SMILES string of the molecule is CCOC(=O)CC1CC[C@@H](c2ccccc2)[C@H](c2ccccc2)C1. The van der Waals surface area contributed by atoms with Crippen LogP contribution in [0.2, 0.25) is 0 Å². The second kappa shape index (κ2) is 8.14. The van der Waals surface area contributed by atoms with Gasteiger partial charge in [-0.1, -0.05) is 60.7 Å². The van der Waals surface area contributed by atoms with E-state index in [-0.39, 0.29) is 5.97 Å². The highest BCUT2D eigenvalue weighted by atomic mass is 16.5. The number of benzene rings is 2. The van der Waals surface area contributed by atoms with E-state index in [0.29, 0.717) is 30.8 Å². The Morgan fingerprint density at radius 3 is 2.08 bits per heavy atom. The first-order valence-corrected chi connectivity index (χ1v) is 9.03. The van der Waals surface area contributed by atoms with Gasteiger partial charge in [-0.05, 0) is 55.1 Å². The Morgan fingerprint density at radius 2 is 1.50 bits per heavy atom. The maximum atomic E-state index is 11.9. The van der Waals surface area contributed by atoms with Crippen molar-refractivity contribution in [1.82, 2.24) is 0 Å². The summed E-state index contributed by atoms with van der Waals surface area (Å²) in [6.07, 6.45) is 3.84. The van der Waals surface area contributed by atoms with Crippen molar-refractivity contribution >= 4 is 5.97 Å². The summed E-state index contributed by atoms with van der Waals surface area (Å²) < 4.78 is 5.16. The second-order valence-corrected chi connectivity index (χ2v) is 6.72. The Morgan fingerprint density at radius 1 is 0.917 bits per heavy atom. The number of hydrogen-bond donors (Lipinski definition) is 0. The van der Waals surface area contributed by atoms with Gasteiger partial charge in [-0.15, -0.1) is 0 Å². The standard InChI is InChI=1S/C22H26O2/c1-2-24-22(23)16-17-13-14-20(18-9-5-3-6-10-18)21(15-17)19-11-7-4-8-12-19/h3-12,17,20-21H,2,13-16H2,1H3/t17?,20-,21-/m0/s1. The van der Waals surface area contributed by atoms with E-state index < -0.39 is 0 Å². The van der Waals surface area contributed by atoms with Gasteiger partial charge >= 0.3 is 5.97 Å². The molecule has 0 radical (unpaired) electrons. The van der Waals surface area contributed by atoms with Crippen molar-refractivity contribution in [3.05, 3.63) is 71.8 Å². The average molecular weight is 322 g/mol. The monoisotopic (exact) mass is 322 g/mol. The van der Waals surface area contributed by atoms with Crippen molar-refractivity contribution in [2.24, 2.45) is 5.92 Å². The maximum Gasteiger partial charge on any atom is 0.306 e. The summed E-state index contributed by atoms with van der Waals surface area (Å²) in [5, 5.41) is 0. The van der Waals surface area contributed by atoms with Gasteiger partial charge in [0.1, 0.15) is 0 Å². The van der Waals surface area contributed by atoms with Crippen LogP contribution < -0.4 is 0 Å². The summed E-state index contributed by atoms with van der Waals surface area (Å²) in [5.41, 5.74) is 2.81. The van der Waals surface area contributed by atoms with Gasteiger partial charge in [0.25, 0.3) is 0 Å². The van der Waals surface area contributed by atoms with Crippen LogP contribution in [0, 0.1) is 5.92 Å². The summed E-state index contributed by atoms with van der Waals surface area (Å²) in [6.45, 7) is 2.34. The lowest BCUT2D eigenvalue weighted by Gasteiger charge is -2.36. The summed E-state index contributed by atoms with van der Waals surface area (Å²) in [5.74, 6) is 1.38. The summed E-state index contributed by atoms with van der Waals surface area (Å²) in [4.78, 5) is 11.9. The van der Waals surface area contributed by atoms with Gasteiger partial charge in [0.15, 0.2) is 0 Å². The third-order valence-corrected chi connectivity index (χ3v) is 5.18. The molecule has 1 saturated carbocycles.